The SMILES string of the molecule is CN1CCN(CC2CCCNC2)c2cc(Cl)ccc21. The Kier molecular flexibility index (Phi) is 3.85. The van der Waals surface area contributed by atoms with Crippen molar-refractivity contribution in [3.05, 3.63) is 23.2 Å². The van der Waals surface area contributed by atoms with Crippen LogP contribution in [-0.4, -0.2) is 39.8 Å². The molecule has 1 unspecified atom stereocenters. The molecule has 3 nitrogen and oxygen atoms in total. The van der Waals surface area contributed by atoms with E-state index >= 15 is 0 Å². The van der Waals surface area contributed by atoms with Crippen molar-refractivity contribution < 1.29 is 0 Å². The highest BCUT2D eigenvalue weighted by atomic mass is 35.5. The second kappa shape index (κ2) is 5.59. The fourth-order valence-electron chi connectivity index (χ4n) is 3.17. The van der Waals surface area contributed by atoms with E-state index in [1.54, 1.807) is 0 Å². The summed E-state index contributed by atoms with van der Waals surface area (Å²) >= 11 is 6.17. The predicted octanol–water partition coefficient (Wildman–Crippen LogP) is 2.60. The van der Waals surface area contributed by atoms with Crippen LogP contribution in [0.15, 0.2) is 18.2 Å². The Morgan fingerprint density at radius 2 is 2.21 bits per heavy atom. The highest BCUT2D eigenvalue weighted by Gasteiger charge is 2.23. The first-order valence-corrected chi connectivity index (χ1v) is 7.58. The topological polar surface area (TPSA) is 18.5 Å². The zero-order chi connectivity index (χ0) is 13.2. The van der Waals surface area contributed by atoms with Gasteiger partial charge in [-0.05, 0) is 50.0 Å². The molecule has 2 aliphatic rings. The molecule has 1 atom stereocenters. The molecule has 3 rings (SSSR count). The minimum Gasteiger partial charge on any atom is -0.371 e. The molecule has 0 radical (unpaired) electrons. The van der Waals surface area contributed by atoms with Gasteiger partial charge in [-0.1, -0.05) is 11.6 Å². The van der Waals surface area contributed by atoms with Crippen LogP contribution in [-0.2, 0) is 0 Å². The lowest BCUT2D eigenvalue weighted by molar-refractivity contribution is 0.376. The van der Waals surface area contributed by atoms with Crippen molar-refractivity contribution in [3.8, 4) is 0 Å². The zero-order valence-corrected chi connectivity index (χ0v) is 12.3. The molecule has 0 saturated carbocycles. The molecule has 1 saturated heterocycles. The molecular formula is C15H22ClN3. The average Bonchev–Trinajstić information content (AvgIpc) is 2.43. The number of hydrogen-bond acceptors (Lipinski definition) is 3. The minimum absolute atomic E-state index is 0.768. The molecule has 2 aliphatic heterocycles. The number of hydrogen-bond donors (Lipinski definition) is 1. The number of likely N-dealkylation sites (N-methyl/N-ethyl adjacent to an activating group) is 1. The van der Waals surface area contributed by atoms with Gasteiger partial charge in [0.1, 0.15) is 0 Å². The monoisotopic (exact) mass is 279 g/mol. The Balaban J connectivity index is 1.79. The minimum atomic E-state index is 0.768. The number of fused-ring (bicyclic) bond motifs is 1. The van der Waals surface area contributed by atoms with Crippen molar-refractivity contribution in [2.45, 2.75) is 12.8 Å². The van der Waals surface area contributed by atoms with Crippen LogP contribution < -0.4 is 15.1 Å². The van der Waals surface area contributed by atoms with Crippen LogP contribution in [0.3, 0.4) is 0 Å². The highest BCUT2D eigenvalue weighted by Crippen LogP contribution is 2.35. The summed E-state index contributed by atoms with van der Waals surface area (Å²) in [5, 5.41) is 4.34. The summed E-state index contributed by atoms with van der Waals surface area (Å²) < 4.78 is 0. The predicted molar refractivity (Wildman–Crippen MR) is 82.5 cm³/mol. The van der Waals surface area contributed by atoms with Gasteiger partial charge >= 0.3 is 0 Å². The third-order valence-corrected chi connectivity index (χ3v) is 4.51. The van der Waals surface area contributed by atoms with E-state index in [1.807, 2.05) is 6.07 Å². The van der Waals surface area contributed by atoms with Crippen LogP contribution in [0, 0.1) is 5.92 Å². The van der Waals surface area contributed by atoms with Gasteiger partial charge in [0.15, 0.2) is 0 Å². The maximum absolute atomic E-state index is 6.17. The number of rotatable bonds is 2. The molecule has 2 heterocycles. The van der Waals surface area contributed by atoms with E-state index in [1.165, 1.54) is 30.8 Å². The third kappa shape index (κ3) is 2.82. The fourth-order valence-corrected chi connectivity index (χ4v) is 3.33. The molecule has 0 amide bonds. The van der Waals surface area contributed by atoms with Gasteiger partial charge in [-0.3, -0.25) is 0 Å². The standard InChI is InChI=1S/C15H22ClN3/c1-18-7-8-19(11-12-3-2-6-17-10-12)15-9-13(16)4-5-14(15)18/h4-5,9,12,17H,2-3,6-8,10-11H2,1H3. The number of anilines is 2. The van der Waals surface area contributed by atoms with Gasteiger partial charge in [-0.25, -0.2) is 0 Å². The molecule has 1 aromatic rings. The lowest BCUT2D eigenvalue weighted by Gasteiger charge is -2.39. The van der Waals surface area contributed by atoms with Gasteiger partial charge < -0.3 is 15.1 Å². The first kappa shape index (κ1) is 13.1. The summed E-state index contributed by atoms with van der Waals surface area (Å²) in [5.41, 5.74) is 2.60. The molecule has 0 bridgehead atoms. The number of nitrogens with one attached hydrogen (secondary N) is 1. The van der Waals surface area contributed by atoms with E-state index in [-0.39, 0.29) is 0 Å². The Bertz CT molecular complexity index is 443. The van der Waals surface area contributed by atoms with E-state index in [4.69, 9.17) is 11.6 Å². The molecule has 104 valence electrons. The van der Waals surface area contributed by atoms with Crippen molar-refractivity contribution in [2.24, 2.45) is 5.92 Å². The summed E-state index contributed by atoms with van der Waals surface area (Å²) in [6, 6.07) is 6.24. The second-order valence-corrected chi connectivity index (χ2v) is 6.15. The lowest BCUT2D eigenvalue weighted by Crippen LogP contribution is -2.44. The Labute approximate surface area is 120 Å². The Hall–Kier alpha value is -0.930. The fraction of sp³-hybridized carbons (Fsp3) is 0.600. The highest BCUT2D eigenvalue weighted by molar-refractivity contribution is 6.31. The van der Waals surface area contributed by atoms with E-state index in [9.17, 15) is 0 Å². The van der Waals surface area contributed by atoms with E-state index in [0.29, 0.717) is 0 Å². The molecule has 1 fully saturated rings. The van der Waals surface area contributed by atoms with Gasteiger partial charge in [0.25, 0.3) is 0 Å². The number of halogens is 1. The normalized spacial score (nSPS) is 23.4. The van der Waals surface area contributed by atoms with Gasteiger partial charge in [-0.2, -0.15) is 0 Å². The zero-order valence-electron chi connectivity index (χ0n) is 11.5. The van der Waals surface area contributed by atoms with Crippen LogP contribution >= 0.6 is 11.6 Å². The molecule has 1 aromatic carbocycles. The molecule has 19 heavy (non-hydrogen) atoms. The van der Waals surface area contributed by atoms with Gasteiger partial charge in [-0.15, -0.1) is 0 Å². The molecule has 0 aromatic heterocycles. The summed E-state index contributed by atoms with van der Waals surface area (Å²) in [5.74, 6) is 0.768. The molecule has 4 heteroatoms. The summed E-state index contributed by atoms with van der Waals surface area (Å²) in [7, 11) is 2.16. The largest absolute Gasteiger partial charge is 0.371 e. The van der Waals surface area contributed by atoms with E-state index < -0.39 is 0 Å². The quantitative estimate of drug-likeness (QED) is 0.898. The van der Waals surface area contributed by atoms with Crippen molar-refractivity contribution in [2.75, 3.05) is 49.6 Å². The van der Waals surface area contributed by atoms with E-state index in [2.05, 4.69) is 34.3 Å². The Morgan fingerprint density at radius 1 is 1.32 bits per heavy atom. The maximum atomic E-state index is 6.17. The number of piperidine rings is 1. The second-order valence-electron chi connectivity index (χ2n) is 5.71. The van der Waals surface area contributed by atoms with Gasteiger partial charge in [0.05, 0.1) is 11.4 Å². The number of nitrogens with zero attached hydrogens (tertiary/aromatic N) is 2. The molecule has 0 aliphatic carbocycles. The summed E-state index contributed by atoms with van der Waals surface area (Å²) in [6.45, 7) is 5.67. The summed E-state index contributed by atoms with van der Waals surface area (Å²) in [6.07, 6.45) is 2.65. The van der Waals surface area contributed by atoms with Crippen molar-refractivity contribution in [1.29, 1.82) is 0 Å². The van der Waals surface area contributed by atoms with Crippen LogP contribution in [0.2, 0.25) is 5.02 Å². The van der Waals surface area contributed by atoms with Gasteiger partial charge in [0.2, 0.25) is 0 Å². The lowest BCUT2D eigenvalue weighted by atomic mass is 9.98. The molecule has 1 N–H and O–H groups in total. The first-order valence-electron chi connectivity index (χ1n) is 7.20. The van der Waals surface area contributed by atoms with E-state index in [0.717, 1.165) is 37.1 Å². The molecular weight excluding hydrogens is 258 g/mol. The average molecular weight is 280 g/mol. The van der Waals surface area contributed by atoms with Crippen LogP contribution in [0.1, 0.15) is 12.8 Å². The van der Waals surface area contributed by atoms with Crippen LogP contribution in [0.25, 0.3) is 0 Å². The first-order chi connectivity index (χ1) is 9.24. The third-order valence-electron chi connectivity index (χ3n) is 4.27. The van der Waals surface area contributed by atoms with Gasteiger partial charge in [0, 0.05) is 31.7 Å². The number of benzene rings is 1. The smallest absolute Gasteiger partial charge is 0.0619 e. The summed E-state index contributed by atoms with van der Waals surface area (Å²) in [4.78, 5) is 4.83. The molecule has 0 spiro atoms. The van der Waals surface area contributed by atoms with Crippen LogP contribution in [0.4, 0.5) is 11.4 Å². The maximum Gasteiger partial charge on any atom is 0.0619 e. The Morgan fingerprint density at radius 3 is 3.00 bits per heavy atom. The van der Waals surface area contributed by atoms with Crippen molar-refractivity contribution in [3.63, 3.8) is 0 Å². The van der Waals surface area contributed by atoms with Crippen LogP contribution in [0.5, 0.6) is 0 Å². The van der Waals surface area contributed by atoms with Crippen molar-refractivity contribution in [1.82, 2.24) is 5.32 Å². The van der Waals surface area contributed by atoms with Crippen molar-refractivity contribution >= 4 is 23.0 Å².